The smallest absolute Gasteiger partial charge is 0.181 e. The molecule has 0 aromatic heterocycles. The lowest BCUT2D eigenvalue weighted by molar-refractivity contribution is -0.158. The van der Waals surface area contributed by atoms with Gasteiger partial charge >= 0.3 is 0 Å². The fourth-order valence-electron chi connectivity index (χ4n) is 2.72. The van der Waals surface area contributed by atoms with E-state index < -0.39 is 5.60 Å². The van der Waals surface area contributed by atoms with Crippen LogP contribution in [0.1, 0.15) is 47.0 Å². The van der Waals surface area contributed by atoms with Crippen molar-refractivity contribution in [1.29, 1.82) is 0 Å². The minimum absolute atomic E-state index is 0.0158. The summed E-state index contributed by atoms with van der Waals surface area (Å²) >= 11 is 0. The number of carbonyl (C=O) groups is 1. The first-order chi connectivity index (χ1) is 8.31. The van der Waals surface area contributed by atoms with Gasteiger partial charge in [0.2, 0.25) is 0 Å². The predicted octanol–water partition coefficient (Wildman–Crippen LogP) is 2.54. The van der Waals surface area contributed by atoms with Crippen molar-refractivity contribution in [1.82, 2.24) is 0 Å². The van der Waals surface area contributed by atoms with E-state index in [4.69, 9.17) is 4.74 Å². The van der Waals surface area contributed by atoms with E-state index >= 15 is 0 Å². The zero-order valence-electron chi connectivity index (χ0n) is 11.6. The monoisotopic (exact) mass is 250 g/mol. The van der Waals surface area contributed by atoms with Crippen molar-refractivity contribution in [3.8, 4) is 0 Å². The summed E-state index contributed by atoms with van der Waals surface area (Å²) in [7, 11) is 0. The summed E-state index contributed by atoms with van der Waals surface area (Å²) in [5.41, 5.74) is 1.92. The maximum atomic E-state index is 12.2. The van der Waals surface area contributed by atoms with Crippen molar-refractivity contribution in [3.63, 3.8) is 0 Å². The van der Waals surface area contributed by atoms with E-state index in [0.29, 0.717) is 6.42 Å². The van der Waals surface area contributed by atoms with Crippen LogP contribution in [0, 0.1) is 0 Å². The lowest BCUT2D eigenvalue weighted by atomic mass is 9.80. The highest BCUT2D eigenvalue weighted by atomic mass is 16.5. The molecule has 3 heteroatoms. The first-order valence-corrected chi connectivity index (χ1v) is 6.58. The number of fused-ring (bicyclic) bond motifs is 2. The molecule has 2 rings (SSSR count). The van der Waals surface area contributed by atoms with Gasteiger partial charge in [0, 0.05) is 12.0 Å². The molecular formula is C15H22O3. The number of rotatable bonds is 0. The van der Waals surface area contributed by atoms with Gasteiger partial charge in [0.05, 0.1) is 17.8 Å². The van der Waals surface area contributed by atoms with Gasteiger partial charge in [-0.15, -0.1) is 0 Å². The molecule has 1 fully saturated rings. The molecule has 18 heavy (non-hydrogen) atoms. The number of carbonyl (C=O) groups excluding carboxylic acids is 1. The summed E-state index contributed by atoms with van der Waals surface area (Å²) in [5, 5.41) is 10.4. The Morgan fingerprint density at radius 2 is 2.17 bits per heavy atom. The Labute approximate surface area is 109 Å². The number of allylic oxidation sites excluding steroid dienone is 2. The van der Waals surface area contributed by atoms with Crippen LogP contribution >= 0.6 is 0 Å². The molecule has 100 valence electrons. The Kier molecular flexibility index (Phi) is 3.47. The second-order valence-corrected chi connectivity index (χ2v) is 5.94. The highest BCUT2D eigenvalue weighted by Gasteiger charge is 2.41. The van der Waals surface area contributed by atoms with Crippen molar-refractivity contribution in [2.45, 2.75) is 64.8 Å². The van der Waals surface area contributed by atoms with Crippen LogP contribution in [-0.2, 0) is 9.53 Å². The fourth-order valence-corrected chi connectivity index (χ4v) is 2.72. The number of ketones is 1. The molecule has 0 amide bonds. The summed E-state index contributed by atoms with van der Waals surface area (Å²) in [4.78, 5) is 12.2. The van der Waals surface area contributed by atoms with Crippen LogP contribution in [0.4, 0.5) is 0 Å². The maximum Gasteiger partial charge on any atom is 0.181 e. The van der Waals surface area contributed by atoms with Gasteiger partial charge in [-0.3, -0.25) is 4.79 Å². The number of ether oxygens (including phenoxy) is 1. The van der Waals surface area contributed by atoms with Gasteiger partial charge in [-0.25, -0.2) is 0 Å². The third-order valence-corrected chi connectivity index (χ3v) is 4.09. The second-order valence-electron chi connectivity index (χ2n) is 5.94. The molecule has 0 unspecified atom stereocenters. The molecule has 0 saturated carbocycles. The standard InChI is InChI=1S/C15H22O3/c1-9(2)11-8-14-15(4,17)6-5-13(18-14)10(3)7-12(11)16/h7,13-14,17H,5-6,8H2,1-4H3/t13-,14+,15+/m1/s1. The van der Waals surface area contributed by atoms with Crippen molar-refractivity contribution >= 4 is 5.78 Å². The number of hydrogen-bond donors (Lipinski definition) is 1. The van der Waals surface area contributed by atoms with Gasteiger partial charge in [0.25, 0.3) is 0 Å². The lowest BCUT2D eigenvalue weighted by Crippen LogP contribution is -2.49. The Morgan fingerprint density at radius 3 is 2.78 bits per heavy atom. The summed E-state index contributed by atoms with van der Waals surface area (Å²) in [5.74, 6) is 0.0727. The molecule has 1 N–H and O–H groups in total. The zero-order valence-corrected chi connectivity index (χ0v) is 11.6. The molecule has 0 spiro atoms. The molecule has 3 atom stereocenters. The summed E-state index contributed by atoms with van der Waals surface area (Å²) in [6, 6.07) is 0. The molecule has 2 aliphatic rings. The van der Waals surface area contributed by atoms with Crippen molar-refractivity contribution in [2.24, 2.45) is 0 Å². The summed E-state index contributed by atoms with van der Waals surface area (Å²) < 4.78 is 5.98. The van der Waals surface area contributed by atoms with Gasteiger partial charge in [-0.2, -0.15) is 0 Å². The van der Waals surface area contributed by atoms with E-state index in [2.05, 4.69) is 0 Å². The molecular weight excluding hydrogens is 228 g/mol. The van der Waals surface area contributed by atoms with Crippen LogP contribution in [0.5, 0.6) is 0 Å². The molecule has 1 saturated heterocycles. The molecule has 2 bridgehead atoms. The zero-order chi connectivity index (χ0) is 13.5. The molecule has 0 radical (unpaired) electrons. The molecule has 2 heterocycles. The minimum Gasteiger partial charge on any atom is -0.387 e. The van der Waals surface area contributed by atoms with Crippen LogP contribution in [0.3, 0.4) is 0 Å². The highest BCUT2D eigenvalue weighted by Crippen LogP contribution is 2.37. The van der Waals surface area contributed by atoms with Crippen molar-refractivity contribution < 1.29 is 14.6 Å². The summed E-state index contributed by atoms with van der Waals surface area (Å²) in [6.45, 7) is 7.62. The van der Waals surface area contributed by atoms with Gasteiger partial charge in [-0.05, 0) is 52.2 Å². The van der Waals surface area contributed by atoms with E-state index in [1.165, 1.54) is 0 Å². The Bertz CT molecular complexity index is 425. The van der Waals surface area contributed by atoms with Crippen LogP contribution in [0.25, 0.3) is 0 Å². The minimum atomic E-state index is -0.838. The lowest BCUT2D eigenvalue weighted by Gasteiger charge is -2.42. The van der Waals surface area contributed by atoms with Gasteiger partial charge in [0.15, 0.2) is 5.78 Å². The van der Waals surface area contributed by atoms with Gasteiger partial charge < -0.3 is 9.84 Å². The normalized spacial score (nSPS) is 36.8. The highest BCUT2D eigenvalue weighted by molar-refractivity contribution is 6.05. The first-order valence-electron chi connectivity index (χ1n) is 6.58. The molecule has 3 nitrogen and oxygen atoms in total. The number of aliphatic hydroxyl groups is 1. The van der Waals surface area contributed by atoms with E-state index in [9.17, 15) is 9.90 Å². The fraction of sp³-hybridized carbons (Fsp3) is 0.667. The van der Waals surface area contributed by atoms with Crippen LogP contribution in [0.15, 0.2) is 22.8 Å². The average Bonchev–Trinajstić information content (AvgIpc) is 2.24. The van der Waals surface area contributed by atoms with Crippen molar-refractivity contribution in [2.75, 3.05) is 0 Å². The third kappa shape index (κ3) is 2.43. The van der Waals surface area contributed by atoms with Crippen LogP contribution in [-0.4, -0.2) is 28.7 Å². The molecule has 0 aliphatic carbocycles. The topological polar surface area (TPSA) is 46.5 Å². The van der Waals surface area contributed by atoms with Crippen LogP contribution in [0.2, 0.25) is 0 Å². The first kappa shape index (κ1) is 13.5. The maximum absolute atomic E-state index is 12.2. The largest absolute Gasteiger partial charge is 0.387 e. The molecule has 0 aromatic carbocycles. The number of hydrogen-bond acceptors (Lipinski definition) is 3. The second kappa shape index (κ2) is 4.63. The Morgan fingerprint density at radius 1 is 1.50 bits per heavy atom. The Balaban J connectivity index is 2.43. The average molecular weight is 250 g/mol. The van der Waals surface area contributed by atoms with E-state index in [1.54, 1.807) is 6.08 Å². The molecule has 0 aromatic rings. The van der Waals surface area contributed by atoms with Gasteiger partial charge in [-0.1, -0.05) is 5.57 Å². The predicted molar refractivity (Wildman–Crippen MR) is 70.3 cm³/mol. The van der Waals surface area contributed by atoms with E-state index in [-0.39, 0.29) is 18.0 Å². The SMILES string of the molecule is CC1=CC(=O)C(=C(C)C)C[C@@H]2O[C@@H]1CC[C@]2(C)O. The quantitative estimate of drug-likeness (QED) is 0.672. The summed E-state index contributed by atoms with van der Waals surface area (Å²) in [6.07, 6.45) is 3.41. The van der Waals surface area contributed by atoms with E-state index in [0.717, 1.165) is 29.6 Å². The van der Waals surface area contributed by atoms with Crippen LogP contribution < -0.4 is 0 Å². The van der Waals surface area contributed by atoms with Gasteiger partial charge in [0.1, 0.15) is 0 Å². The van der Waals surface area contributed by atoms with Crippen molar-refractivity contribution in [3.05, 3.63) is 22.8 Å². The third-order valence-electron chi connectivity index (χ3n) is 4.09. The molecule has 2 aliphatic heterocycles. The van der Waals surface area contributed by atoms with E-state index in [1.807, 2.05) is 27.7 Å². The Hall–Kier alpha value is -0.930.